The molecule has 0 aliphatic carbocycles. The fraction of sp³-hybridized carbons (Fsp3) is 0.571. The van der Waals surface area contributed by atoms with E-state index in [4.69, 9.17) is 16.6 Å². The average molecular weight is 329 g/mol. The van der Waals surface area contributed by atoms with Crippen molar-refractivity contribution in [2.75, 3.05) is 6.54 Å². The summed E-state index contributed by atoms with van der Waals surface area (Å²) in [5, 5.41) is 8.81. The molecule has 0 spiro atoms. The van der Waals surface area contributed by atoms with E-state index in [-0.39, 0.29) is 19.4 Å². The zero-order valence-electron chi connectivity index (χ0n) is 7.85. The molecule has 0 heterocycles. The Morgan fingerprint density at radius 1 is 1.40 bits per heavy atom. The molecule has 0 radical (unpaired) electrons. The van der Waals surface area contributed by atoms with Crippen LogP contribution in [0.25, 0.3) is 0 Å². The van der Waals surface area contributed by atoms with Crippen molar-refractivity contribution in [2.45, 2.75) is 18.9 Å². The summed E-state index contributed by atoms with van der Waals surface area (Å²) in [5.74, 6) is -2.30. The molecule has 0 aromatic rings. The predicted molar refractivity (Wildman–Crippen MR) is 59.8 cm³/mol. The summed E-state index contributed by atoms with van der Waals surface area (Å²) in [6, 6.07) is -1.07. The second kappa shape index (κ2) is 6.56. The first kappa shape index (κ1) is 14.1. The molecule has 0 saturated carbocycles. The van der Waals surface area contributed by atoms with Crippen LogP contribution in [0, 0.1) is 0 Å². The Kier molecular flexibility index (Phi) is 6.17. The Morgan fingerprint density at radius 2 is 1.93 bits per heavy atom. The maximum Gasteiger partial charge on any atom is 0.327 e. The van der Waals surface area contributed by atoms with Crippen LogP contribution in [0.3, 0.4) is 0 Å². The first-order valence-corrected chi connectivity index (χ1v) is 5.05. The smallest absolute Gasteiger partial charge is 0.327 e. The highest BCUT2D eigenvalue weighted by molar-refractivity contribution is 14.1. The number of amides is 2. The second-order valence-corrected chi connectivity index (χ2v) is 3.81. The summed E-state index contributed by atoms with van der Waals surface area (Å²) in [6.07, 6.45) is -0.104. The first-order chi connectivity index (χ1) is 6.90. The summed E-state index contributed by atoms with van der Waals surface area (Å²) in [5.41, 5.74) is 9.97. The van der Waals surface area contributed by atoms with E-state index in [1.165, 1.54) is 0 Å². The quantitative estimate of drug-likeness (QED) is 0.419. The van der Waals surface area contributed by atoms with Gasteiger partial charge >= 0.3 is 5.97 Å². The van der Waals surface area contributed by atoms with Crippen LogP contribution in [0.15, 0.2) is 0 Å². The monoisotopic (exact) mass is 329 g/mol. The molecule has 0 aromatic carbocycles. The molecular formula is C7H12IN3O4. The van der Waals surface area contributed by atoms with Crippen molar-refractivity contribution in [3.05, 3.63) is 0 Å². The van der Waals surface area contributed by atoms with Crippen LogP contribution < -0.4 is 11.5 Å². The standard InChI is InChI=1S/C7H12IN3O4/c8-11(6(13)3-9)4(7(14)15)1-2-5(10)12/h4H,1-3,9H2,(H2,10,12)(H,14,15). The number of carboxylic acid groups (broad SMARTS) is 1. The number of hydrogen-bond acceptors (Lipinski definition) is 4. The zero-order chi connectivity index (χ0) is 12.0. The summed E-state index contributed by atoms with van der Waals surface area (Å²) < 4.78 is 0.975. The summed E-state index contributed by atoms with van der Waals surface area (Å²) in [6.45, 7) is -0.275. The van der Waals surface area contributed by atoms with Gasteiger partial charge in [-0.2, -0.15) is 0 Å². The number of aliphatic carboxylic acids is 1. The van der Waals surface area contributed by atoms with Crippen LogP contribution in [-0.4, -0.2) is 38.6 Å². The van der Waals surface area contributed by atoms with E-state index < -0.39 is 23.8 Å². The lowest BCUT2D eigenvalue weighted by Gasteiger charge is -2.21. The molecule has 5 N–H and O–H groups in total. The molecule has 0 rings (SSSR count). The van der Waals surface area contributed by atoms with Crippen LogP contribution in [0.4, 0.5) is 0 Å². The van der Waals surface area contributed by atoms with Gasteiger partial charge in [0.1, 0.15) is 6.04 Å². The number of nitrogens with two attached hydrogens (primary N) is 2. The number of rotatable bonds is 6. The molecule has 1 unspecified atom stereocenters. The molecule has 0 aliphatic heterocycles. The van der Waals surface area contributed by atoms with Gasteiger partial charge in [0.05, 0.1) is 29.4 Å². The van der Waals surface area contributed by atoms with Crippen molar-refractivity contribution in [2.24, 2.45) is 11.5 Å². The maximum atomic E-state index is 11.1. The van der Waals surface area contributed by atoms with Crippen molar-refractivity contribution < 1.29 is 19.5 Å². The van der Waals surface area contributed by atoms with Crippen molar-refractivity contribution in [1.82, 2.24) is 3.11 Å². The topological polar surface area (TPSA) is 127 Å². The number of nitrogens with zero attached hydrogens (tertiary/aromatic N) is 1. The van der Waals surface area contributed by atoms with Gasteiger partial charge in [-0.3, -0.25) is 12.7 Å². The minimum atomic E-state index is -1.19. The number of halogens is 1. The number of carboxylic acids is 1. The summed E-state index contributed by atoms with van der Waals surface area (Å²) >= 11 is 1.56. The Labute approximate surface area is 100 Å². The lowest BCUT2D eigenvalue weighted by molar-refractivity contribution is -0.145. The summed E-state index contributed by atoms with van der Waals surface area (Å²) in [7, 11) is 0. The van der Waals surface area contributed by atoms with Crippen LogP contribution in [0.2, 0.25) is 0 Å². The molecule has 8 heteroatoms. The van der Waals surface area contributed by atoms with E-state index in [1.807, 2.05) is 0 Å². The van der Waals surface area contributed by atoms with Crippen molar-refractivity contribution in [1.29, 1.82) is 0 Å². The molecule has 15 heavy (non-hydrogen) atoms. The highest BCUT2D eigenvalue weighted by Gasteiger charge is 2.27. The zero-order valence-corrected chi connectivity index (χ0v) is 10.0. The Morgan fingerprint density at radius 3 is 2.27 bits per heavy atom. The van der Waals surface area contributed by atoms with Crippen LogP contribution >= 0.6 is 22.9 Å². The van der Waals surface area contributed by atoms with Gasteiger partial charge in [-0.05, 0) is 6.42 Å². The molecular weight excluding hydrogens is 317 g/mol. The second-order valence-electron chi connectivity index (χ2n) is 2.77. The molecule has 0 fully saturated rings. The summed E-state index contributed by atoms with van der Waals surface area (Å²) in [4.78, 5) is 32.4. The third kappa shape index (κ3) is 4.93. The molecule has 86 valence electrons. The van der Waals surface area contributed by atoms with Gasteiger partial charge in [0, 0.05) is 6.42 Å². The fourth-order valence-electron chi connectivity index (χ4n) is 0.874. The van der Waals surface area contributed by atoms with E-state index in [0.29, 0.717) is 0 Å². The highest BCUT2D eigenvalue weighted by atomic mass is 127. The third-order valence-electron chi connectivity index (χ3n) is 1.64. The van der Waals surface area contributed by atoms with Crippen molar-refractivity contribution >= 4 is 40.6 Å². The number of carbonyl (C=O) groups excluding carboxylic acids is 2. The van der Waals surface area contributed by atoms with Crippen LogP contribution in [0.5, 0.6) is 0 Å². The van der Waals surface area contributed by atoms with Gasteiger partial charge in [0.2, 0.25) is 11.8 Å². The number of hydrogen-bond donors (Lipinski definition) is 3. The van der Waals surface area contributed by atoms with Gasteiger partial charge in [0.15, 0.2) is 0 Å². The lowest BCUT2D eigenvalue weighted by atomic mass is 10.1. The normalized spacial score (nSPS) is 11.9. The van der Waals surface area contributed by atoms with E-state index in [1.54, 1.807) is 22.9 Å². The fourth-order valence-corrected chi connectivity index (χ4v) is 1.59. The van der Waals surface area contributed by atoms with Crippen LogP contribution in [-0.2, 0) is 14.4 Å². The van der Waals surface area contributed by atoms with Gasteiger partial charge < -0.3 is 16.6 Å². The maximum absolute atomic E-state index is 11.1. The van der Waals surface area contributed by atoms with E-state index in [0.717, 1.165) is 3.11 Å². The number of carbonyl (C=O) groups is 3. The lowest BCUT2D eigenvalue weighted by Crippen LogP contribution is -2.41. The Hall–Kier alpha value is -0.900. The molecule has 7 nitrogen and oxygen atoms in total. The molecule has 1 atom stereocenters. The highest BCUT2D eigenvalue weighted by Crippen LogP contribution is 2.12. The van der Waals surface area contributed by atoms with E-state index in [9.17, 15) is 14.4 Å². The minimum Gasteiger partial charge on any atom is -0.480 e. The molecule has 0 aromatic heterocycles. The predicted octanol–water partition coefficient (Wildman–Crippen LogP) is -1.16. The SMILES string of the molecule is NCC(=O)N(I)C(CCC(N)=O)C(=O)O. The molecule has 0 saturated heterocycles. The van der Waals surface area contributed by atoms with Crippen molar-refractivity contribution in [3.8, 4) is 0 Å². The molecule has 0 aliphatic rings. The molecule has 2 amide bonds. The van der Waals surface area contributed by atoms with Gasteiger partial charge in [-0.25, -0.2) is 4.79 Å². The van der Waals surface area contributed by atoms with Gasteiger partial charge in [0.25, 0.3) is 0 Å². The average Bonchev–Trinajstić information content (AvgIpc) is 2.15. The largest absolute Gasteiger partial charge is 0.480 e. The van der Waals surface area contributed by atoms with Gasteiger partial charge in [-0.15, -0.1) is 0 Å². The van der Waals surface area contributed by atoms with Gasteiger partial charge in [-0.1, -0.05) is 0 Å². The number of primary amides is 1. The Bertz CT molecular complexity index is 271. The van der Waals surface area contributed by atoms with E-state index in [2.05, 4.69) is 0 Å². The van der Waals surface area contributed by atoms with E-state index >= 15 is 0 Å². The minimum absolute atomic E-state index is 0.0145. The van der Waals surface area contributed by atoms with Crippen molar-refractivity contribution in [3.63, 3.8) is 0 Å². The Balaban J connectivity index is 4.45. The first-order valence-electron chi connectivity index (χ1n) is 4.09. The third-order valence-corrected chi connectivity index (χ3v) is 2.85. The van der Waals surface area contributed by atoms with Crippen LogP contribution in [0.1, 0.15) is 12.8 Å². The molecule has 0 bridgehead atoms.